The Hall–Kier alpha value is -3.97. The third kappa shape index (κ3) is 8.67. The van der Waals surface area contributed by atoms with Crippen LogP contribution in [0.4, 0.5) is 26.3 Å². The van der Waals surface area contributed by atoms with E-state index in [4.69, 9.17) is 4.74 Å². The van der Waals surface area contributed by atoms with Gasteiger partial charge in [-0.05, 0) is 25.0 Å². The maximum atomic E-state index is 12.8. The number of benzene rings is 1. The number of alkyl halides is 6. The lowest BCUT2D eigenvalue weighted by Gasteiger charge is -2.12. The number of nitrogens with one attached hydrogen (secondary N) is 1. The van der Waals surface area contributed by atoms with Gasteiger partial charge in [0, 0.05) is 12.1 Å². The van der Waals surface area contributed by atoms with Crippen LogP contribution in [0.5, 0.6) is 5.88 Å². The lowest BCUT2D eigenvalue weighted by atomic mass is 10.1. The van der Waals surface area contributed by atoms with Crippen LogP contribution in [-0.2, 0) is 34.9 Å². The predicted molar refractivity (Wildman–Crippen MR) is 113 cm³/mol. The summed E-state index contributed by atoms with van der Waals surface area (Å²) in [5, 5.41) is 0. The second-order valence-electron chi connectivity index (χ2n) is 7.16. The van der Waals surface area contributed by atoms with E-state index in [2.05, 4.69) is 24.7 Å². The molecule has 0 spiro atoms. The van der Waals surface area contributed by atoms with Gasteiger partial charge in [-0.15, -0.1) is 0 Å². The molecule has 0 amide bonds. The van der Waals surface area contributed by atoms with E-state index in [0.717, 1.165) is 6.07 Å². The van der Waals surface area contributed by atoms with Crippen LogP contribution < -0.4 is 10.3 Å². The van der Waals surface area contributed by atoms with Gasteiger partial charge in [-0.1, -0.05) is 24.3 Å². The van der Waals surface area contributed by atoms with Gasteiger partial charge in [0.15, 0.2) is 11.4 Å². The number of rotatable bonds is 5. The molecule has 2 heterocycles. The van der Waals surface area contributed by atoms with Gasteiger partial charge in [-0.3, -0.25) is 9.59 Å². The molecule has 1 N–H and O–H groups in total. The van der Waals surface area contributed by atoms with Crippen LogP contribution in [0.3, 0.4) is 0 Å². The average molecular weight is 518 g/mol. The van der Waals surface area contributed by atoms with Crippen molar-refractivity contribution in [2.75, 3.05) is 7.11 Å². The molecule has 0 saturated heterocycles. The van der Waals surface area contributed by atoms with Crippen LogP contribution in [0.15, 0.2) is 41.2 Å². The van der Waals surface area contributed by atoms with E-state index in [1.54, 1.807) is 24.3 Å². The summed E-state index contributed by atoms with van der Waals surface area (Å²) >= 11 is 0. The SMILES string of the molecule is COC(=O)Cc1ccccc1COc1cc(C(F)(F)F)nc(C)n1.Cc1nc(C(F)(F)F)cc(=O)[nH]1. The third-order valence-corrected chi connectivity index (χ3v) is 4.31. The maximum absolute atomic E-state index is 12.8. The van der Waals surface area contributed by atoms with Gasteiger partial charge in [-0.2, -0.15) is 31.3 Å². The van der Waals surface area contributed by atoms with Gasteiger partial charge in [-0.25, -0.2) is 9.97 Å². The fraction of sp³-hybridized carbons (Fsp3) is 0.318. The first kappa shape index (κ1) is 28.3. The summed E-state index contributed by atoms with van der Waals surface area (Å²) in [5.41, 5.74) is -1.69. The number of aryl methyl sites for hydroxylation is 2. The fourth-order valence-corrected chi connectivity index (χ4v) is 2.73. The molecule has 0 aliphatic heterocycles. The molecule has 36 heavy (non-hydrogen) atoms. The zero-order chi connectivity index (χ0) is 27.1. The first-order valence-corrected chi connectivity index (χ1v) is 10.0. The largest absolute Gasteiger partial charge is 0.473 e. The van der Waals surface area contributed by atoms with Crippen LogP contribution in [0.25, 0.3) is 0 Å². The number of H-pyrrole nitrogens is 1. The van der Waals surface area contributed by atoms with E-state index in [-0.39, 0.29) is 30.6 Å². The average Bonchev–Trinajstić information content (AvgIpc) is 2.76. The molecule has 0 saturated carbocycles. The van der Waals surface area contributed by atoms with E-state index in [9.17, 15) is 35.9 Å². The molecule has 0 fully saturated rings. The molecule has 0 unspecified atom stereocenters. The van der Waals surface area contributed by atoms with Crippen molar-refractivity contribution in [3.8, 4) is 5.88 Å². The summed E-state index contributed by atoms with van der Waals surface area (Å²) in [4.78, 5) is 34.4. The Labute approximate surface area is 200 Å². The highest BCUT2D eigenvalue weighted by molar-refractivity contribution is 5.72. The van der Waals surface area contributed by atoms with Gasteiger partial charge >= 0.3 is 18.3 Å². The van der Waals surface area contributed by atoms with Crippen molar-refractivity contribution in [1.29, 1.82) is 0 Å². The van der Waals surface area contributed by atoms with Crippen LogP contribution >= 0.6 is 0 Å². The van der Waals surface area contributed by atoms with Gasteiger partial charge in [0.25, 0.3) is 5.56 Å². The Morgan fingerprint density at radius 1 is 0.917 bits per heavy atom. The fourth-order valence-electron chi connectivity index (χ4n) is 2.73. The Balaban J connectivity index is 0.000000319. The second-order valence-corrected chi connectivity index (χ2v) is 7.16. The van der Waals surface area contributed by atoms with E-state index in [1.165, 1.54) is 21.0 Å². The molecule has 0 aliphatic rings. The third-order valence-electron chi connectivity index (χ3n) is 4.31. The summed E-state index contributed by atoms with van der Waals surface area (Å²) in [6, 6.07) is 8.10. The summed E-state index contributed by atoms with van der Waals surface area (Å²) in [6.45, 7) is 2.62. The summed E-state index contributed by atoms with van der Waals surface area (Å²) < 4.78 is 84.1. The lowest BCUT2D eigenvalue weighted by molar-refractivity contribution is -0.142. The topological polar surface area (TPSA) is 107 Å². The zero-order valence-electron chi connectivity index (χ0n) is 19.1. The number of hydrogen-bond donors (Lipinski definition) is 1. The number of halogens is 6. The van der Waals surface area contributed by atoms with Gasteiger partial charge in [0.1, 0.15) is 18.3 Å². The first-order chi connectivity index (χ1) is 16.7. The number of carbonyl (C=O) groups excluding carboxylic acids is 1. The highest BCUT2D eigenvalue weighted by atomic mass is 19.4. The van der Waals surface area contributed by atoms with E-state index in [0.29, 0.717) is 17.2 Å². The number of methoxy groups -OCH3 is 1. The van der Waals surface area contributed by atoms with E-state index < -0.39 is 35.3 Å². The smallest absolute Gasteiger partial charge is 0.433 e. The Kier molecular flexibility index (Phi) is 9.14. The molecule has 1 aromatic carbocycles. The predicted octanol–water partition coefficient (Wildman–Crippen LogP) is 4.20. The first-order valence-electron chi connectivity index (χ1n) is 10.0. The summed E-state index contributed by atoms with van der Waals surface area (Å²) in [6.07, 6.45) is -9.08. The molecular formula is C22H20F6N4O4. The second kappa shape index (κ2) is 11.6. The minimum Gasteiger partial charge on any atom is -0.473 e. The molecule has 0 atom stereocenters. The maximum Gasteiger partial charge on any atom is 0.433 e. The molecule has 8 nitrogen and oxygen atoms in total. The highest BCUT2D eigenvalue weighted by Gasteiger charge is 2.34. The van der Waals surface area contributed by atoms with E-state index in [1.807, 2.05) is 0 Å². The normalized spacial score (nSPS) is 11.4. The molecule has 3 rings (SSSR count). The van der Waals surface area contributed by atoms with E-state index >= 15 is 0 Å². The summed E-state index contributed by atoms with van der Waals surface area (Å²) in [5.74, 6) is -0.681. The van der Waals surface area contributed by atoms with Crippen molar-refractivity contribution < 1.29 is 40.6 Å². The van der Waals surface area contributed by atoms with Crippen molar-refractivity contribution in [2.45, 2.75) is 39.2 Å². The van der Waals surface area contributed by atoms with Crippen LogP contribution in [-0.4, -0.2) is 33.0 Å². The number of esters is 1. The molecule has 0 radical (unpaired) electrons. The number of nitrogens with zero attached hydrogens (tertiary/aromatic N) is 3. The quantitative estimate of drug-likeness (QED) is 0.399. The number of ether oxygens (including phenoxy) is 2. The molecule has 3 aromatic rings. The standard InChI is InChI=1S/C16H15F3N2O3.C6H5F3N2O/c1-10-20-13(16(17,18)19)8-14(21-10)24-9-12-6-4-3-5-11(12)7-15(22)23-2;1-3-10-4(6(7,8)9)2-5(12)11-3/h3-6,8H,7,9H2,1-2H3;2H,1H3,(H,10,11,12). The van der Waals surface area contributed by atoms with Crippen molar-refractivity contribution in [3.63, 3.8) is 0 Å². The van der Waals surface area contributed by atoms with Crippen molar-refractivity contribution in [3.05, 3.63) is 80.9 Å². The monoisotopic (exact) mass is 518 g/mol. The molecular weight excluding hydrogens is 498 g/mol. The van der Waals surface area contributed by atoms with Crippen molar-refractivity contribution in [2.24, 2.45) is 0 Å². The Morgan fingerprint density at radius 2 is 1.50 bits per heavy atom. The highest BCUT2D eigenvalue weighted by Crippen LogP contribution is 2.29. The number of aromatic nitrogens is 4. The molecule has 2 aromatic heterocycles. The minimum absolute atomic E-state index is 0.0269. The zero-order valence-corrected chi connectivity index (χ0v) is 19.1. The number of hydrogen-bond acceptors (Lipinski definition) is 7. The van der Waals surface area contributed by atoms with Crippen LogP contribution in [0.1, 0.15) is 34.2 Å². The Morgan fingerprint density at radius 3 is 2.06 bits per heavy atom. The van der Waals surface area contributed by atoms with Crippen molar-refractivity contribution >= 4 is 5.97 Å². The Bertz CT molecular complexity index is 1260. The molecule has 194 valence electrons. The number of carbonyl (C=O) groups is 1. The minimum atomic E-state index is -4.57. The van der Waals surface area contributed by atoms with Gasteiger partial charge in [0.05, 0.1) is 13.5 Å². The lowest BCUT2D eigenvalue weighted by Crippen LogP contribution is -2.16. The molecule has 0 aliphatic carbocycles. The van der Waals surface area contributed by atoms with Crippen molar-refractivity contribution in [1.82, 2.24) is 19.9 Å². The molecule has 0 bridgehead atoms. The van der Waals surface area contributed by atoms with Gasteiger partial charge in [0.2, 0.25) is 5.88 Å². The van der Waals surface area contributed by atoms with Crippen LogP contribution in [0.2, 0.25) is 0 Å². The van der Waals surface area contributed by atoms with Gasteiger partial charge < -0.3 is 14.5 Å². The summed E-state index contributed by atoms with van der Waals surface area (Å²) in [7, 11) is 1.28. The molecule has 14 heteroatoms. The van der Waals surface area contributed by atoms with Crippen LogP contribution in [0, 0.1) is 13.8 Å². The number of aromatic amines is 1.